The van der Waals surface area contributed by atoms with Crippen molar-refractivity contribution in [1.29, 1.82) is 0 Å². The Morgan fingerprint density at radius 2 is 1.88 bits per heavy atom. The first-order valence-electron chi connectivity index (χ1n) is 7.61. The predicted octanol–water partition coefficient (Wildman–Crippen LogP) is 4.14. The second-order valence-electron chi connectivity index (χ2n) is 6.28. The maximum atomic E-state index is 13.5. The van der Waals surface area contributed by atoms with Gasteiger partial charge >= 0.3 is 0 Å². The van der Waals surface area contributed by atoms with Gasteiger partial charge in [-0.15, -0.1) is 0 Å². The quantitative estimate of drug-likeness (QED) is 0.770. The summed E-state index contributed by atoms with van der Waals surface area (Å²) in [5.41, 5.74) is 2.02. The molecule has 5 heteroatoms. The second kappa shape index (κ2) is 5.91. The molecule has 1 aliphatic rings. The molecule has 0 atom stereocenters. The fraction of sp³-hybridized carbons (Fsp3) is 0.211. The van der Waals surface area contributed by atoms with Gasteiger partial charge in [-0.25, -0.2) is 4.39 Å². The van der Waals surface area contributed by atoms with Crippen LogP contribution in [0.25, 0.3) is 0 Å². The molecule has 2 aromatic carbocycles. The second-order valence-corrected chi connectivity index (χ2v) is 6.67. The standard InChI is InChI=1S/C19H17FN2OS/c1-12-6-4-7-13(10-12)16-18(24)22(19(2,3)21-16)17(23)14-8-5-9-15(20)11-14/h4-11H,1-3H3. The number of aryl methyl sites for hydroxylation is 1. The molecule has 0 aliphatic carbocycles. The zero-order chi connectivity index (χ0) is 17.5. The molecule has 0 N–H and O–H groups in total. The van der Waals surface area contributed by atoms with Crippen molar-refractivity contribution in [2.45, 2.75) is 26.4 Å². The molecule has 0 saturated carbocycles. The number of hydrogen-bond donors (Lipinski definition) is 0. The zero-order valence-electron chi connectivity index (χ0n) is 13.7. The SMILES string of the molecule is Cc1cccc(C2=NC(C)(C)N(C(=O)c3cccc(F)c3)C2=S)c1. The molecular weight excluding hydrogens is 323 g/mol. The number of thiocarbonyl (C=S) groups is 1. The number of rotatable bonds is 2. The maximum Gasteiger partial charge on any atom is 0.261 e. The Morgan fingerprint density at radius 1 is 1.17 bits per heavy atom. The third-order valence-electron chi connectivity index (χ3n) is 3.90. The molecule has 3 nitrogen and oxygen atoms in total. The third-order valence-corrected chi connectivity index (χ3v) is 4.28. The largest absolute Gasteiger partial charge is 0.272 e. The Bertz CT molecular complexity index is 873. The van der Waals surface area contributed by atoms with Crippen LogP contribution in [0.4, 0.5) is 4.39 Å². The highest BCUT2D eigenvalue weighted by molar-refractivity contribution is 7.82. The molecule has 1 heterocycles. The first kappa shape index (κ1) is 16.5. The lowest BCUT2D eigenvalue weighted by Gasteiger charge is -2.29. The molecule has 0 fully saturated rings. The van der Waals surface area contributed by atoms with Crippen LogP contribution in [0.3, 0.4) is 0 Å². The summed E-state index contributed by atoms with van der Waals surface area (Å²) in [7, 11) is 0. The number of carbonyl (C=O) groups is 1. The molecule has 2 aromatic rings. The number of amides is 1. The molecule has 0 spiro atoms. The highest BCUT2D eigenvalue weighted by Crippen LogP contribution is 2.29. The van der Waals surface area contributed by atoms with Crippen molar-refractivity contribution in [3.05, 3.63) is 71.0 Å². The maximum absolute atomic E-state index is 13.5. The number of hydrogen-bond acceptors (Lipinski definition) is 3. The van der Waals surface area contributed by atoms with Gasteiger partial charge in [-0.3, -0.25) is 14.7 Å². The molecule has 0 bridgehead atoms. The summed E-state index contributed by atoms with van der Waals surface area (Å²) in [5, 5.41) is 0. The van der Waals surface area contributed by atoms with E-state index in [0.29, 0.717) is 10.7 Å². The topological polar surface area (TPSA) is 32.7 Å². The molecule has 0 radical (unpaired) electrons. The van der Waals surface area contributed by atoms with E-state index >= 15 is 0 Å². The number of aliphatic imine (C=N–C) groups is 1. The third kappa shape index (κ3) is 2.87. The smallest absolute Gasteiger partial charge is 0.261 e. The average molecular weight is 340 g/mol. The highest BCUT2D eigenvalue weighted by Gasteiger charge is 2.42. The van der Waals surface area contributed by atoms with Crippen molar-refractivity contribution in [2.75, 3.05) is 0 Å². The summed E-state index contributed by atoms with van der Waals surface area (Å²) in [6, 6.07) is 13.4. The molecule has 1 amide bonds. The van der Waals surface area contributed by atoms with Crippen molar-refractivity contribution in [3.8, 4) is 0 Å². The van der Waals surface area contributed by atoms with Crippen LogP contribution in [0, 0.1) is 12.7 Å². The molecule has 3 rings (SSSR count). The Labute approximate surface area is 145 Å². The van der Waals surface area contributed by atoms with Crippen LogP contribution in [0.1, 0.15) is 35.3 Å². The lowest BCUT2D eigenvalue weighted by molar-refractivity contribution is 0.0758. The number of benzene rings is 2. The molecule has 0 aromatic heterocycles. The van der Waals surface area contributed by atoms with E-state index in [1.165, 1.54) is 23.1 Å². The molecule has 122 valence electrons. The van der Waals surface area contributed by atoms with Crippen LogP contribution in [0.2, 0.25) is 0 Å². The van der Waals surface area contributed by atoms with Gasteiger partial charge in [-0.1, -0.05) is 42.0 Å². The zero-order valence-corrected chi connectivity index (χ0v) is 14.5. The van der Waals surface area contributed by atoms with Crippen molar-refractivity contribution >= 4 is 28.8 Å². The molecule has 24 heavy (non-hydrogen) atoms. The summed E-state index contributed by atoms with van der Waals surface area (Å²) < 4.78 is 13.5. The summed E-state index contributed by atoms with van der Waals surface area (Å²) in [5.74, 6) is -0.806. The first-order chi connectivity index (χ1) is 11.3. The van der Waals surface area contributed by atoms with Gasteiger partial charge in [0.25, 0.3) is 5.91 Å². The van der Waals surface area contributed by atoms with E-state index < -0.39 is 11.5 Å². The van der Waals surface area contributed by atoms with Crippen molar-refractivity contribution < 1.29 is 9.18 Å². The Balaban J connectivity index is 2.00. The minimum Gasteiger partial charge on any atom is -0.272 e. The molecular formula is C19H17FN2OS. The van der Waals surface area contributed by atoms with Gasteiger partial charge in [-0.05, 0) is 45.0 Å². The summed E-state index contributed by atoms with van der Waals surface area (Å²) >= 11 is 5.53. The molecule has 0 saturated heterocycles. The van der Waals surface area contributed by atoms with Gasteiger partial charge in [0, 0.05) is 11.1 Å². The highest BCUT2D eigenvalue weighted by atomic mass is 32.1. The van der Waals surface area contributed by atoms with E-state index in [4.69, 9.17) is 12.2 Å². The van der Waals surface area contributed by atoms with Crippen LogP contribution in [0.15, 0.2) is 53.5 Å². The number of nitrogens with zero attached hydrogens (tertiary/aromatic N) is 2. The fourth-order valence-electron chi connectivity index (χ4n) is 2.80. The monoisotopic (exact) mass is 340 g/mol. The van der Waals surface area contributed by atoms with Crippen molar-refractivity contribution in [3.63, 3.8) is 0 Å². The minimum atomic E-state index is -0.820. The van der Waals surface area contributed by atoms with Gasteiger partial charge in [0.15, 0.2) is 0 Å². The van der Waals surface area contributed by atoms with Crippen molar-refractivity contribution in [2.24, 2.45) is 4.99 Å². The Hall–Kier alpha value is -2.40. The van der Waals surface area contributed by atoms with Gasteiger partial charge < -0.3 is 0 Å². The van der Waals surface area contributed by atoms with Gasteiger partial charge in [-0.2, -0.15) is 0 Å². The average Bonchev–Trinajstić information content (AvgIpc) is 2.76. The van der Waals surface area contributed by atoms with E-state index in [0.717, 1.165) is 11.1 Å². The summed E-state index contributed by atoms with van der Waals surface area (Å²) in [6.45, 7) is 5.63. The van der Waals surface area contributed by atoms with E-state index in [1.807, 2.05) is 45.0 Å². The number of carbonyl (C=O) groups excluding carboxylic acids is 1. The first-order valence-corrected chi connectivity index (χ1v) is 8.02. The summed E-state index contributed by atoms with van der Waals surface area (Å²) in [6.07, 6.45) is 0. The lowest BCUT2D eigenvalue weighted by Crippen LogP contribution is -2.46. The van der Waals surface area contributed by atoms with Crippen molar-refractivity contribution in [1.82, 2.24) is 4.90 Å². The van der Waals surface area contributed by atoms with Gasteiger partial charge in [0.05, 0.1) is 0 Å². The van der Waals surface area contributed by atoms with E-state index in [1.54, 1.807) is 6.07 Å². The number of halogens is 1. The van der Waals surface area contributed by atoms with Crippen LogP contribution in [0.5, 0.6) is 0 Å². The minimum absolute atomic E-state index is 0.256. The van der Waals surface area contributed by atoms with Crippen LogP contribution < -0.4 is 0 Å². The van der Waals surface area contributed by atoms with Crippen LogP contribution in [-0.4, -0.2) is 27.2 Å². The van der Waals surface area contributed by atoms with E-state index in [9.17, 15) is 9.18 Å². The molecule has 1 aliphatic heterocycles. The Kier molecular flexibility index (Phi) is 4.05. The van der Waals surface area contributed by atoms with E-state index in [-0.39, 0.29) is 11.5 Å². The predicted molar refractivity (Wildman–Crippen MR) is 97.0 cm³/mol. The van der Waals surface area contributed by atoms with E-state index in [2.05, 4.69) is 4.99 Å². The van der Waals surface area contributed by atoms with Crippen LogP contribution in [-0.2, 0) is 0 Å². The Morgan fingerprint density at radius 3 is 2.54 bits per heavy atom. The van der Waals surface area contributed by atoms with Gasteiger partial charge in [0.2, 0.25) is 0 Å². The normalized spacial score (nSPS) is 16.2. The van der Waals surface area contributed by atoms with Gasteiger partial charge in [0.1, 0.15) is 22.2 Å². The molecule has 0 unspecified atom stereocenters. The lowest BCUT2D eigenvalue weighted by atomic mass is 10.1. The summed E-state index contributed by atoms with van der Waals surface area (Å²) in [4.78, 5) is 19.3. The van der Waals surface area contributed by atoms with Crippen LogP contribution >= 0.6 is 12.2 Å². The fourth-order valence-corrected chi connectivity index (χ4v) is 3.27.